The first kappa shape index (κ1) is 13.7. The molecule has 1 unspecified atom stereocenters. The van der Waals surface area contributed by atoms with Crippen LogP contribution in [0.25, 0.3) is 11.0 Å². The van der Waals surface area contributed by atoms with Crippen molar-refractivity contribution in [3.8, 4) is 0 Å². The van der Waals surface area contributed by atoms with E-state index in [1.807, 2.05) is 48.5 Å². The molecule has 1 heterocycles. The summed E-state index contributed by atoms with van der Waals surface area (Å²) in [5.41, 5.74) is 8.18. The lowest BCUT2D eigenvalue weighted by molar-refractivity contribution is 0.493. The Hall–Kier alpha value is -1.29. The van der Waals surface area contributed by atoms with Crippen LogP contribution in [0, 0.1) is 0 Å². The zero-order valence-corrected chi connectivity index (χ0v) is 13.0. The van der Waals surface area contributed by atoms with Gasteiger partial charge in [0.2, 0.25) is 0 Å². The van der Waals surface area contributed by atoms with Crippen molar-refractivity contribution >= 4 is 38.5 Å². The molecule has 0 spiro atoms. The van der Waals surface area contributed by atoms with E-state index in [2.05, 4.69) is 15.9 Å². The van der Waals surface area contributed by atoms with Crippen LogP contribution in [0.3, 0.4) is 0 Å². The zero-order valence-electron chi connectivity index (χ0n) is 10.6. The minimum atomic E-state index is -0.187. The van der Waals surface area contributed by atoms with Crippen molar-refractivity contribution in [2.24, 2.45) is 5.73 Å². The molecule has 0 amide bonds. The highest BCUT2D eigenvalue weighted by molar-refractivity contribution is 9.10. The number of rotatable bonds is 3. The monoisotopic (exact) mass is 349 g/mol. The third-order valence-corrected chi connectivity index (χ3v) is 4.08. The molecule has 20 heavy (non-hydrogen) atoms. The lowest BCUT2D eigenvalue weighted by Crippen LogP contribution is -2.12. The summed E-state index contributed by atoms with van der Waals surface area (Å²) < 4.78 is 6.80. The second-order valence-corrected chi connectivity index (χ2v) is 6.04. The maximum Gasteiger partial charge on any atom is 0.148 e. The maximum atomic E-state index is 6.24. The number of para-hydroxylation sites is 1. The molecule has 0 radical (unpaired) electrons. The quantitative estimate of drug-likeness (QED) is 0.714. The van der Waals surface area contributed by atoms with E-state index in [9.17, 15) is 0 Å². The number of fused-ring (bicyclic) bond motifs is 1. The summed E-state index contributed by atoms with van der Waals surface area (Å²) in [6.07, 6.45) is 0.692. The smallest absolute Gasteiger partial charge is 0.148 e. The van der Waals surface area contributed by atoms with Gasteiger partial charge in [0.25, 0.3) is 0 Å². The highest BCUT2D eigenvalue weighted by atomic mass is 79.9. The molecule has 0 fully saturated rings. The molecule has 3 aromatic rings. The van der Waals surface area contributed by atoms with Gasteiger partial charge in [-0.3, -0.25) is 0 Å². The Morgan fingerprint density at radius 3 is 2.70 bits per heavy atom. The summed E-state index contributed by atoms with van der Waals surface area (Å²) in [7, 11) is 0. The second kappa shape index (κ2) is 5.60. The van der Waals surface area contributed by atoms with Crippen LogP contribution in [0.5, 0.6) is 0 Å². The fourth-order valence-corrected chi connectivity index (χ4v) is 2.92. The van der Waals surface area contributed by atoms with Crippen LogP contribution in [0.2, 0.25) is 5.02 Å². The molecule has 0 aliphatic heterocycles. The molecule has 1 aromatic heterocycles. The average molecular weight is 351 g/mol. The highest BCUT2D eigenvalue weighted by Gasteiger charge is 2.14. The molecule has 2 N–H and O–H groups in total. The van der Waals surface area contributed by atoms with Crippen LogP contribution in [0.1, 0.15) is 17.4 Å². The highest BCUT2D eigenvalue weighted by Crippen LogP contribution is 2.30. The van der Waals surface area contributed by atoms with Gasteiger partial charge in [0.15, 0.2) is 0 Å². The van der Waals surface area contributed by atoms with E-state index in [0.717, 1.165) is 31.8 Å². The Morgan fingerprint density at radius 2 is 1.95 bits per heavy atom. The third-order valence-electron chi connectivity index (χ3n) is 3.23. The first-order valence-corrected chi connectivity index (χ1v) is 7.48. The van der Waals surface area contributed by atoms with Gasteiger partial charge in [-0.1, -0.05) is 35.9 Å². The number of halogens is 2. The molecule has 0 saturated carbocycles. The molecule has 2 aromatic carbocycles. The van der Waals surface area contributed by atoms with Crippen molar-refractivity contribution in [1.29, 1.82) is 0 Å². The summed E-state index contributed by atoms with van der Waals surface area (Å²) >= 11 is 9.47. The third kappa shape index (κ3) is 2.75. The van der Waals surface area contributed by atoms with Crippen molar-refractivity contribution < 1.29 is 4.42 Å². The summed E-state index contributed by atoms with van der Waals surface area (Å²) in [6, 6.07) is 15.5. The Balaban J connectivity index is 1.89. The Bertz CT molecular complexity index is 753. The lowest BCUT2D eigenvalue weighted by atomic mass is 10.0. The molecule has 4 heteroatoms. The van der Waals surface area contributed by atoms with Gasteiger partial charge in [0.05, 0.1) is 10.5 Å². The van der Waals surface area contributed by atoms with E-state index < -0.39 is 0 Å². The fourth-order valence-electron chi connectivity index (χ4n) is 2.25. The first-order valence-electron chi connectivity index (χ1n) is 6.31. The van der Waals surface area contributed by atoms with Crippen LogP contribution in [0.4, 0.5) is 0 Å². The molecule has 0 aliphatic carbocycles. The van der Waals surface area contributed by atoms with Crippen LogP contribution >= 0.6 is 27.5 Å². The van der Waals surface area contributed by atoms with Crippen molar-refractivity contribution in [3.63, 3.8) is 0 Å². The molecule has 0 aliphatic rings. The molecule has 2 nitrogen and oxygen atoms in total. The Kier molecular flexibility index (Phi) is 3.83. The van der Waals surface area contributed by atoms with Crippen molar-refractivity contribution in [3.05, 3.63) is 69.3 Å². The zero-order chi connectivity index (χ0) is 14.1. The minimum Gasteiger partial charge on any atom is -0.458 e. The van der Waals surface area contributed by atoms with Crippen LogP contribution in [-0.2, 0) is 6.42 Å². The summed E-state index contributed by atoms with van der Waals surface area (Å²) in [5.74, 6) is 0.784. The maximum absolute atomic E-state index is 6.24. The van der Waals surface area contributed by atoms with Crippen molar-refractivity contribution in [1.82, 2.24) is 0 Å². The van der Waals surface area contributed by atoms with E-state index in [1.54, 1.807) is 0 Å². The van der Waals surface area contributed by atoms with Gasteiger partial charge in [-0.15, -0.1) is 0 Å². The molecule has 0 saturated heterocycles. The summed E-state index contributed by atoms with van der Waals surface area (Å²) in [4.78, 5) is 0. The number of nitrogens with two attached hydrogens (primary N) is 1. The normalized spacial score (nSPS) is 12.8. The van der Waals surface area contributed by atoms with Crippen molar-refractivity contribution in [2.45, 2.75) is 12.5 Å². The molecular formula is C16H13BrClNO. The van der Waals surface area contributed by atoms with Crippen LogP contribution in [-0.4, -0.2) is 0 Å². The van der Waals surface area contributed by atoms with Crippen LogP contribution < -0.4 is 5.73 Å². The number of hydrogen-bond donors (Lipinski definition) is 1. The van der Waals surface area contributed by atoms with Gasteiger partial charge >= 0.3 is 0 Å². The predicted octanol–water partition coefficient (Wildman–Crippen LogP) is 5.09. The lowest BCUT2D eigenvalue weighted by Gasteiger charge is -2.08. The SMILES string of the molecule is NC(Cc1cccc(Cl)c1)c1cc2cccc(Br)c2o1. The Labute approximate surface area is 130 Å². The average Bonchev–Trinajstić information content (AvgIpc) is 2.84. The molecular weight excluding hydrogens is 338 g/mol. The topological polar surface area (TPSA) is 39.2 Å². The van der Waals surface area contributed by atoms with Gasteiger partial charge in [0, 0.05) is 10.4 Å². The molecule has 0 bridgehead atoms. The second-order valence-electron chi connectivity index (χ2n) is 4.75. The molecule has 1 atom stereocenters. The largest absolute Gasteiger partial charge is 0.458 e. The van der Waals surface area contributed by atoms with E-state index >= 15 is 0 Å². The summed E-state index contributed by atoms with van der Waals surface area (Å²) in [6.45, 7) is 0. The van der Waals surface area contributed by atoms with E-state index in [1.165, 1.54) is 0 Å². The molecule has 102 valence electrons. The van der Waals surface area contributed by atoms with E-state index in [4.69, 9.17) is 21.8 Å². The van der Waals surface area contributed by atoms with E-state index in [0.29, 0.717) is 6.42 Å². The first-order chi connectivity index (χ1) is 9.63. The number of benzene rings is 2. The molecule has 3 rings (SSSR count). The van der Waals surface area contributed by atoms with Gasteiger partial charge in [-0.05, 0) is 52.2 Å². The minimum absolute atomic E-state index is 0.187. The van der Waals surface area contributed by atoms with Gasteiger partial charge in [-0.25, -0.2) is 0 Å². The predicted molar refractivity (Wildman–Crippen MR) is 86.0 cm³/mol. The van der Waals surface area contributed by atoms with Gasteiger partial charge in [0.1, 0.15) is 11.3 Å². The van der Waals surface area contributed by atoms with Gasteiger partial charge in [-0.2, -0.15) is 0 Å². The van der Waals surface area contributed by atoms with Gasteiger partial charge < -0.3 is 10.2 Å². The summed E-state index contributed by atoms with van der Waals surface area (Å²) in [5, 5.41) is 1.78. The van der Waals surface area contributed by atoms with E-state index in [-0.39, 0.29) is 6.04 Å². The number of hydrogen-bond acceptors (Lipinski definition) is 2. The number of furan rings is 1. The Morgan fingerprint density at radius 1 is 1.15 bits per heavy atom. The fraction of sp³-hybridized carbons (Fsp3) is 0.125. The standard InChI is InChI=1S/C16H13BrClNO/c17-13-6-2-4-11-9-15(20-16(11)13)14(19)8-10-3-1-5-12(18)7-10/h1-7,9,14H,8,19H2. The van der Waals surface area contributed by atoms with Crippen LogP contribution in [0.15, 0.2) is 57.4 Å². The van der Waals surface area contributed by atoms with Crippen molar-refractivity contribution in [2.75, 3.05) is 0 Å².